The Bertz CT molecular complexity index is 2010. The Morgan fingerprint density at radius 1 is 0.865 bits per heavy atom. The van der Waals surface area contributed by atoms with Gasteiger partial charge in [-0.2, -0.15) is 0 Å². The topological polar surface area (TPSA) is 88.5 Å². The van der Waals surface area contributed by atoms with Gasteiger partial charge >= 0.3 is 0 Å². The van der Waals surface area contributed by atoms with Gasteiger partial charge in [0.1, 0.15) is 11.5 Å². The fraction of sp³-hybridized carbons (Fsp3) is 0.0645. The molecule has 2 N–H and O–H groups in total. The van der Waals surface area contributed by atoms with Gasteiger partial charge in [0, 0.05) is 27.1 Å². The van der Waals surface area contributed by atoms with Crippen LogP contribution < -0.4 is 26.3 Å². The summed E-state index contributed by atoms with van der Waals surface area (Å²) in [6.07, 6.45) is 0. The minimum absolute atomic E-state index is 0.0805. The number of nitrogens with one attached hydrogen (secondary N) is 1. The number of hydrogen-bond donors (Lipinski definition) is 2. The van der Waals surface area contributed by atoms with Crippen LogP contribution in [0, 0.1) is 17.4 Å². The summed E-state index contributed by atoms with van der Waals surface area (Å²) < 4.78 is 5.82. The van der Waals surface area contributed by atoms with Crippen molar-refractivity contribution >= 4 is 33.1 Å². The summed E-state index contributed by atoms with van der Waals surface area (Å²) >= 11 is 0. The largest absolute Gasteiger partial charge is 0.506 e. The maximum Gasteiger partial charge on any atom is 0.282 e. The number of aryl methyl sites for hydroxylation is 1. The number of hydrogen-bond acceptors (Lipinski definition) is 6. The maximum absolute atomic E-state index is 13.8. The number of aliphatic hydroxyl groups is 1. The number of benzene rings is 4. The lowest BCUT2D eigenvalue weighted by Crippen LogP contribution is -2.33. The van der Waals surface area contributed by atoms with E-state index < -0.39 is 5.56 Å². The van der Waals surface area contributed by atoms with Crippen molar-refractivity contribution in [1.29, 1.82) is 0 Å². The van der Waals surface area contributed by atoms with Crippen LogP contribution >= 0.6 is 0 Å². The van der Waals surface area contributed by atoms with Crippen LogP contribution in [0.2, 0.25) is 0 Å². The number of ether oxygens (including phenoxy) is 1. The van der Waals surface area contributed by atoms with E-state index in [0.717, 1.165) is 5.56 Å². The number of anilines is 1. The fourth-order valence-electron chi connectivity index (χ4n) is 4.94. The summed E-state index contributed by atoms with van der Waals surface area (Å²) in [6.45, 7) is 1.98. The number of aliphatic hydroxyl groups excluding tert-OH is 1. The summed E-state index contributed by atoms with van der Waals surface area (Å²) in [6, 6.07) is 27.2. The Morgan fingerprint density at radius 3 is 2.24 bits per heavy atom. The predicted octanol–water partition coefficient (Wildman–Crippen LogP) is 4.46. The van der Waals surface area contributed by atoms with E-state index in [-0.39, 0.29) is 23.1 Å². The summed E-state index contributed by atoms with van der Waals surface area (Å²) in [5.41, 5.74) is 1.52. The molecule has 0 amide bonds. The molecule has 37 heavy (non-hydrogen) atoms. The van der Waals surface area contributed by atoms with Gasteiger partial charge in [0.25, 0.3) is 5.56 Å². The molecule has 0 radical (unpaired) electrons. The summed E-state index contributed by atoms with van der Waals surface area (Å²) in [5.74, 6) is 0.523. The predicted molar refractivity (Wildman–Crippen MR) is 145 cm³/mol. The Hall–Kier alpha value is -4.97. The van der Waals surface area contributed by atoms with Crippen LogP contribution in [0.1, 0.15) is 11.1 Å². The lowest BCUT2D eigenvalue weighted by Gasteiger charge is -2.15. The first kappa shape index (κ1) is 22.5. The molecule has 0 unspecified atom stereocenters. The quantitative estimate of drug-likeness (QED) is 0.350. The van der Waals surface area contributed by atoms with Crippen LogP contribution in [0.4, 0.5) is 5.69 Å². The second-order valence-corrected chi connectivity index (χ2v) is 8.87. The highest BCUT2D eigenvalue weighted by molar-refractivity contribution is 5.95. The van der Waals surface area contributed by atoms with Crippen LogP contribution in [0.3, 0.4) is 0 Å². The summed E-state index contributed by atoms with van der Waals surface area (Å²) in [5, 5.41) is 17.2. The monoisotopic (exact) mass is 486 g/mol. The molecule has 1 heterocycles. The molecule has 0 saturated carbocycles. The Morgan fingerprint density at radius 2 is 1.51 bits per heavy atom. The first-order valence-electron chi connectivity index (χ1n) is 11.9. The van der Waals surface area contributed by atoms with Gasteiger partial charge in [-0.1, -0.05) is 72.8 Å². The van der Waals surface area contributed by atoms with Crippen molar-refractivity contribution in [3.8, 4) is 5.75 Å². The van der Waals surface area contributed by atoms with E-state index in [2.05, 4.69) is 10.3 Å². The van der Waals surface area contributed by atoms with Gasteiger partial charge in [-0.25, -0.2) is 4.98 Å². The number of nitrogens with zero attached hydrogens (tertiary/aromatic N) is 1. The normalized spacial score (nSPS) is 12.2. The highest BCUT2D eigenvalue weighted by Gasteiger charge is 2.19. The fourth-order valence-corrected chi connectivity index (χ4v) is 4.94. The molecule has 0 fully saturated rings. The zero-order chi connectivity index (χ0) is 25.5. The average Bonchev–Trinajstić information content (AvgIpc) is 2.93. The van der Waals surface area contributed by atoms with Crippen molar-refractivity contribution in [3.63, 3.8) is 0 Å². The molecular formula is C31H22N2O4. The van der Waals surface area contributed by atoms with E-state index in [1.54, 1.807) is 42.5 Å². The zero-order valence-corrected chi connectivity index (χ0v) is 20.0. The van der Waals surface area contributed by atoms with Crippen molar-refractivity contribution in [1.82, 2.24) is 4.98 Å². The van der Waals surface area contributed by atoms with E-state index in [1.807, 2.05) is 55.5 Å². The van der Waals surface area contributed by atoms with Crippen molar-refractivity contribution < 1.29 is 9.84 Å². The van der Waals surface area contributed by atoms with E-state index in [1.165, 1.54) is 0 Å². The van der Waals surface area contributed by atoms with Gasteiger partial charge in [0.05, 0.1) is 16.1 Å². The molecule has 0 spiro atoms. The van der Waals surface area contributed by atoms with Crippen molar-refractivity contribution in [2.24, 2.45) is 0 Å². The first-order valence-corrected chi connectivity index (χ1v) is 11.9. The van der Waals surface area contributed by atoms with Crippen molar-refractivity contribution in [2.45, 2.75) is 6.92 Å². The third-order valence-corrected chi connectivity index (χ3v) is 6.61. The molecule has 0 bridgehead atoms. The van der Waals surface area contributed by atoms with Crippen LogP contribution in [0.25, 0.3) is 27.4 Å². The average molecular weight is 487 g/mol. The molecule has 180 valence electrons. The van der Waals surface area contributed by atoms with Gasteiger partial charge in [0.15, 0.2) is 12.2 Å². The molecular weight excluding hydrogens is 464 g/mol. The number of fused-ring (bicyclic) bond motifs is 2. The second kappa shape index (κ2) is 8.91. The molecule has 6 rings (SSSR count). The molecule has 2 aliphatic rings. The number of para-hydroxylation sites is 1. The lowest BCUT2D eigenvalue weighted by molar-refractivity contribution is 0.347. The SMILES string of the molecule is Cc1cc(NCOc2ccccc2)c2c3c1nc(=O)/c(=C(\O)c1ccccc1)c=3c1ccccc1c2=O. The van der Waals surface area contributed by atoms with Crippen molar-refractivity contribution in [3.05, 3.63) is 138 Å². The Balaban J connectivity index is 1.74. The summed E-state index contributed by atoms with van der Waals surface area (Å²) in [4.78, 5) is 31.6. The Kier molecular flexibility index (Phi) is 5.42. The third-order valence-electron chi connectivity index (χ3n) is 6.61. The molecule has 4 aromatic rings. The van der Waals surface area contributed by atoms with Gasteiger partial charge in [-0.15, -0.1) is 0 Å². The number of rotatable bonds is 5. The van der Waals surface area contributed by atoms with E-state index >= 15 is 0 Å². The molecule has 1 aliphatic heterocycles. The standard InChI is InChI=1S/C31H22N2O4/c1-18-16-23(32-17-37-20-12-6-3-7-13-20)25-26-24(21-14-8-9-15-22(21)30(25)35)27(31(36)33-28(18)26)29(34)19-10-4-2-5-11-19/h2-16,32,34H,17H2,1H3/b29-27-. The van der Waals surface area contributed by atoms with Gasteiger partial charge < -0.3 is 15.2 Å². The second-order valence-electron chi connectivity index (χ2n) is 8.87. The third kappa shape index (κ3) is 3.70. The van der Waals surface area contributed by atoms with Crippen LogP contribution in [-0.4, -0.2) is 16.8 Å². The van der Waals surface area contributed by atoms with E-state index in [0.29, 0.717) is 49.1 Å². The zero-order valence-electron chi connectivity index (χ0n) is 20.0. The Labute approximate surface area is 211 Å². The smallest absolute Gasteiger partial charge is 0.282 e. The molecule has 0 aromatic heterocycles. The molecule has 0 atom stereocenters. The van der Waals surface area contributed by atoms with Crippen LogP contribution in [-0.2, 0) is 0 Å². The molecule has 6 heteroatoms. The van der Waals surface area contributed by atoms with E-state index in [9.17, 15) is 14.7 Å². The van der Waals surface area contributed by atoms with E-state index in [4.69, 9.17) is 4.74 Å². The summed E-state index contributed by atoms with van der Waals surface area (Å²) in [7, 11) is 0. The van der Waals surface area contributed by atoms with Gasteiger partial charge in [-0.3, -0.25) is 9.59 Å². The van der Waals surface area contributed by atoms with Crippen LogP contribution in [0.15, 0.2) is 101 Å². The molecule has 1 aliphatic carbocycles. The highest BCUT2D eigenvalue weighted by Crippen LogP contribution is 2.27. The maximum atomic E-state index is 13.8. The molecule has 6 nitrogen and oxygen atoms in total. The minimum atomic E-state index is -0.546. The highest BCUT2D eigenvalue weighted by atomic mass is 16.5. The van der Waals surface area contributed by atoms with Crippen LogP contribution in [0.5, 0.6) is 5.75 Å². The lowest BCUT2D eigenvalue weighted by atomic mass is 9.95. The van der Waals surface area contributed by atoms with Gasteiger partial charge in [-0.05, 0) is 36.1 Å². The van der Waals surface area contributed by atoms with Gasteiger partial charge in [0.2, 0.25) is 0 Å². The molecule has 0 saturated heterocycles. The van der Waals surface area contributed by atoms with Crippen molar-refractivity contribution in [2.75, 3.05) is 12.0 Å². The molecule has 4 aromatic carbocycles. The first-order chi connectivity index (χ1) is 18.0. The number of aromatic nitrogens is 1. The minimum Gasteiger partial charge on any atom is -0.506 e.